The van der Waals surface area contributed by atoms with Crippen LogP contribution in [0.3, 0.4) is 0 Å². The normalized spacial score (nSPS) is 16.2. The van der Waals surface area contributed by atoms with E-state index in [0.717, 1.165) is 29.7 Å². The van der Waals surface area contributed by atoms with Gasteiger partial charge in [0.1, 0.15) is 11.9 Å². The van der Waals surface area contributed by atoms with Crippen LogP contribution in [0.4, 0.5) is 4.39 Å². The number of halogens is 1. The Labute approximate surface area is 158 Å². The van der Waals surface area contributed by atoms with E-state index in [0.29, 0.717) is 19.5 Å². The number of likely N-dealkylation sites (tertiary alicyclic amines) is 1. The zero-order valence-electron chi connectivity index (χ0n) is 15.7. The third kappa shape index (κ3) is 4.35. The van der Waals surface area contributed by atoms with Crippen molar-refractivity contribution in [3.63, 3.8) is 0 Å². The van der Waals surface area contributed by atoms with Gasteiger partial charge in [0.05, 0.1) is 6.20 Å². The molecule has 1 aromatic heterocycles. The van der Waals surface area contributed by atoms with Crippen LogP contribution in [-0.4, -0.2) is 46.0 Å². The van der Waals surface area contributed by atoms with Gasteiger partial charge in [-0.25, -0.2) is 4.39 Å². The zero-order valence-corrected chi connectivity index (χ0v) is 15.7. The van der Waals surface area contributed by atoms with E-state index in [1.807, 2.05) is 6.07 Å². The molecule has 0 radical (unpaired) electrons. The molecule has 1 aromatic carbocycles. The van der Waals surface area contributed by atoms with Crippen LogP contribution in [-0.2, 0) is 9.59 Å². The Hall–Kier alpha value is -2.70. The summed E-state index contributed by atoms with van der Waals surface area (Å²) in [6.45, 7) is 4.73. The number of amides is 2. The minimum absolute atomic E-state index is 0.0507. The maximum atomic E-state index is 13.6. The van der Waals surface area contributed by atoms with Gasteiger partial charge >= 0.3 is 0 Å². The Morgan fingerprint density at radius 3 is 2.78 bits per heavy atom. The molecule has 3 rings (SSSR count). The molecule has 144 valence electrons. The Balaban J connectivity index is 1.64. The number of rotatable bonds is 5. The lowest BCUT2D eigenvalue weighted by molar-refractivity contribution is -0.136. The molecule has 1 aliphatic rings. The lowest BCUT2D eigenvalue weighted by Gasteiger charge is -2.33. The largest absolute Gasteiger partial charge is 0.345 e. The monoisotopic (exact) mass is 372 g/mol. The smallest absolute Gasteiger partial charge is 0.244 e. The van der Waals surface area contributed by atoms with E-state index >= 15 is 0 Å². The highest BCUT2D eigenvalue weighted by Crippen LogP contribution is 2.34. The number of carbonyl (C=O) groups excluding carboxylic acids is 2. The Morgan fingerprint density at radius 1 is 1.37 bits per heavy atom. The number of benzene rings is 1. The van der Waals surface area contributed by atoms with Gasteiger partial charge in [-0.3, -0.25) is 14.7 Å². The first-order valence-corrected chi connectivity index (χ1v) is 9.37. The van der Waals surface area contributed by atoms with Crippen LogP contribution in [0.2, 0.25) is 0 Å². The van der Waals surface area contributed by atoms with Crippen LogP contribution in [0.5, 0.6) is 0 Å². The van der Waals surface area contributed by atoms with Gasteiger partial charge in [-0.1, -0.05) is 19.1 Å². The van der Waals surface area contributed by atoms with Crippen molar-refractivity contribution in [3.8, 4) is 11.1 Å². The molecule has 0 spiro atoms. The average Bonchev–Trinajstić information content (AvgIpc) is 3.17. The summed E-state index contributed by atoms with van der Waals surface area (Å²) < 4.78 is 13.6. The number of carbonyl (C=O) groups is 2. The minimum Gasteiger partial charge on any atom is -0.345 e. The molecule has 6 nitrogen and oxygen atoms in total. The summed E-state index contributed by atoms with van der Waals surface area (Å²) in [5.41, 5.74) is 2.69. The fraction of sp³-hybridized carbons (Fsp3) is 0.450. The van der Waals surface area contributed by atoms with E-state index in [1.54, 1.807) is 31.0 Å². The molecule has 27 heavy (non-hydrogen) atoms. The van der Waals surface area contributed by atoms with Gasteiger partial charge in [-0.2, -0.15) is 5.10 Å². The van der Waals surface area contributed by atoms with Gasteiger partial charge in [0.2, 0.25) is 11.8 Å². The van der Waals surface area contributed by atoms with Crippen molar-refractivity contribution in [1.82, 2.24) is 20.4 Å². The number of piperidine rings is 1. The Morgan fingerprint density at radius 2 is 2.11 bits per heavy atom. The van der Waals surface area contributed by atoms with Crippen LogP contribution in [0.15, 0.2) is 30.5 Å². The molecule has 0 aliphatic carbocycles. The molecule has 1 fully saturated rings. The second-order valence-electron chi connectivity index (χ2n) is 6.95. The van der Waals surface area contributed by atoms with Crippen molar-refractivity contribution < 1.29 is 14.0 Å². The number of H-pyrrole nitrogens is 1. The molecular formula is C20H25FN4O2. The highest BCUT2D eigenvalue weighted by atomic mass is 19.1. The van der Waals surface area contributed by atoms with Crippen molar-refractivity contribution in [2.24, 2.45) is 0 Å². The molecule has 1 aliphatic heterocycles. The van der Waals surface area contributed by atoms with Crippen LogP contribution in [0.1, 0.15) is 44.7 Å². The lowest BCUT2D eigenvalue weighted by Crippen LogP contribution is -2.49. The van der Waals surface area contributed by atoms with Gasteiger partial charge in [0.25, 0.3) is 0 Å². The van der Waals surface area contributed by atoms with Crippen LogP contribution < -0.4 is 5.32 Å². The topological polar surface area (TPSA) is 78.1 Å². The number of hydrogen-bond donors (Lipinski definition) is 2. The van der Waals surface area contributed by atoms with Crippen LogP contribution in [0.25, 0.3) is 11.1 Å². The zero-order chi connectivity index (χ0) is 19.4. The maximum absolute atomic E-state index is 13.6. The minimum atomic E-state index is -0.510. The summed E-state index contributed by atoms with van der Waals surface area (Å²) in [7, 11) is 0. The first kappa shape index (κ1) is 19.1. The van der Waals surface area contributed by atoms with E-state index in [-0.39, 0.29) is 23.5 Å². The van der Waals surface area contributed by atoms with Gasteiger partial charge in [0, 0.05) is 36.7 Å². The summed E-state index contributed by atoms with van der Waals surface area (Å²) in [5, 5.41) is 9.93. The van der Waals surface area contributed by atoms with Gasteiger partial charge in [-0.15, -0.1) is 0 Å². The van der Waals surface area contributed by atoms with Gasteiger partial charge in [0.15, 0.2) is 0 Å². The number of aromatic amines is 1. The summed E-state index contributed by atoms with van der Waals surface area (Å²) in [5.74, 6) is -0.216. The van der Waals surface area contributed by atoms with E-state index in [4.69, 9.17) is 0 Å². The second-order valence-corrected chi connectivity index (χ2v) is 6.95. The Kier molecular flexibility index (Phi) is 5.88. The molecule has 2 aromatic rings. The van der Waals surface area contributed by atoms with Gasteiger partial charge in [-0.05, 0) is 37.5 Å². The first-order chi connectivity index (χ1) is 13.0. The van der Waals surface area contributed by atoms with E-state index in [2.05, 4.69) is 15.5 Å². The fourth-order valence-corrected chi connectivity index (χ4v) is 3.56. The van der Waals surface area contributed by atoms with E-state index in [1.165, 1.54) is 12.1 Å². The molecule has 1 saturated heterocycles. The standard InChI is InChI=1S/C20H25FN4O2/c1-3-18(26)23-13(2)20(27)25-9-7-14(8-10-25)19-17(12-22-24-19)15-5-4-6-16(21)11-15/h4-6,11-14H,3,7-10H2,1-2H3,(H,22,24)(H,23,26)/t13-/m0/s1. The molecule has 0 saturated carbocycles. The quantitative estimate of drug-likeness (QED) is 0.847. The summed E-state index contributed by atoms with van der Waals surface area (Å²) in [6, 6.07) is 5.98. The number of aromatic nitrogens is 2. The van der Waals surface area contributed by atoms with Crippen molar-refractivity contribution in [2.75, 3.05) is 13.1 Å². The summed E-state index contributed by atoms with van der Waals surface area (Å²) in [4.78, 5) is 25.8. The van der Waals surface area contributed by atoms with Gasteiger partial charge < -0.3 is 10.2 Å². The SMILES string of the molecule is CCC(=O)N[C@@H](C)C(=O)N1CCC(c2[nH]ncc2-c2cccc(F)c2)CC1. The molecular weight excluding hydrogens is 347 g/mol. The molecule has 2 amide bonds. The van der Waals surface area contributed by atoms with Crippen LogP contribution >= 0.6 is 0 Å². The number of nitrogens with zero attached hydrogens (tertiary/aromatic N) is 2. The highest BCUT2D eigenvalue weighted by molar-refractivity contribution is 5.87. The van der Waals surface area contributed by atoms with Crippen molar-refractivity contribution >= 4 is 11.8 Å². The summed E-state index contributed by atoms with van der Waals surface area (Å²) in [6.07, 6.45) is 3.68. The van der Waals surface area contributed by atoms with E-state index < -0.39 is 6.04 Å². The first-order valence-electron chi connectivity index (χ1n) is 9.37. The maximum Gasteiger partial charge on any atom is 0.244 e. The van der Waals surface area contributed by atoms with E-state index in [9.17, 15) is 14.0 Å². The predicted octanol–water partition coefficient (Wildman–Crippen LogP) is 2.84. The Bertz CT molecular complexity index is 812. The number of nitrogens with one attached hydrogen (secondary N) is 2. The molecule has 0 unspecified atom stereocenters. The lowest BCUT2D eigenvalue weighted by atomic mass is 9.89. The third-order valence-electron chi connectivity index (χ3n) is 5.09. The highest BCUT2D eigenvalue weighted by Gasteiger charge is 2.29. The van der Waals surface area contributed by atoms with Crippen molar-refractivity contribution in [2.45, 2.75) is 45.1 Å². The second kappa shape index (κ2) is 8.33. The molecule has 2 heterocycles. The summed E-state index contributed by atoms with van der Waals surface area (Å²) >= 11 is 0. The van der Waals surface area contributed by atoms with Crippen molar-refractivity contribution in [1.29, 1.82) is 0 Å². The van der Waals surface area contributed by atoms with Crippen molar-refractivity contribution in [3.05, 3.63) is 42.0 Å². The molecule has 7 heteroatoms. The predicted molar refractivity (Wildman–Crippen MR) is 100 cm³/mol. The molecule has 0 bridgehead atoms. The third-order valence-corrected chi connectivity index (χ3v) is 5.09. The average molecular weight is 372 g/mol. The van der Waals surface area contributed by atoms with Crippen LogP contribution in [0, 0.1) is 5.82 Å². The molecule has 1 atom stereocenters. The fourth-order valence-electron chi connectivity index (χ4n) is 3.56. The molecule has 2 N–H and O–H groups in total. The number of hydrogen-bond acceptors (Lipinski definition) is 3.